The van der Waals surface area contributed by atoms with Crippen LogP contribution in [0.1, 0.15) is 17.8 Å². The summed E-state index contributed by atoms with van der Waals surface area (Å²) in [5.41, 5.74) is 5.88. The molecule has 1 aromatic rings. The molecule has 0 aromatic carbocycles. The monoisotopic (exact) mass is 232 g/mol. The highest BCUT2D eigenvalue weighted by atomic mass is 32.2. The second-order valence-corrected chi connectivity index (χ2v) is 6.07. The topological polar surface area (TPSA) is 63.4 Å². The summed E-state index contributed by atoms with van der Waals surface area (Å²) in [7, 11) is -3.26. The van der Waals surface area contributed by atoms with Crippen LogP contribution < -0.4 is 5.73 Å². The van der Waals surface area contributed by atoms with Crippen LogP contribution in [0.15, 0.2) is 16.3 Å². The van der Waals surface area contributed by atoms with Gasteiger partial charge in [-0.25, -0.2) is 8.42 Å². The van der Waals surface area contributed by atoms with Crippen LogP contribution in [0, 0.1) is 0 Å². The second-order valence-electron chi connectivity index (χ2n) is 3.21. The molecular formula is C8H12N2O2S2. The largest absolute Gasteiger partial charge is 0.322 e. The number of thiophene rings is 1. The first-order chi connectivity index (χ1) is 6.57. The van der Waals surface area contributed by atoms with E-state index in [0.29, 0.717) is 18.0 Å². The number of nitrogens with zero attached hydrogens (tertiary/aromatic N) is 1. The summed E-state index contributed by atoms with van der Waals surface area (Å²) >= 11 is 1.42. The van der Waals surface area contributed by atoms with Crippen molar-refractivity contribution >= 4 is 21.4 Å². The van der Waals surface area contributed by atoms with Gasteiger partial charge in [0.1, 0.15) is 0 Å². The van der Waals surface area contributed by atoms with Crippen LogP contribution in [0.25, 0.3) is 0 Å². The Bertz CT molecular complexity index is 438. The van der Waals surface area contributed by atoms with Gasteiger partial charge >= 0.3 is 0 Å². The van der Waals surface area contributed by atoms with E-state index < -0.39 is 10.0 Å². The molecule has 6 heteroatoms. The summed E-state index contributed by atoms with van der Waals surface area (Å²) in [6.45, 7) is 2.69. The van der Waals surface area contributed by atoms with Crippen molar-refractivity contribution in [3.8, 4) is 0 Å². The summed E-state index contributed by atoms with van der Waals surface area (Å²) in [5, 5.41) is 1.78. The van der Waals surface area contributed by atoms with E-state index in [0.717, 1.165) is 4.88 Å². The van der Waals surface area contributed by atoms with Crippen LogP contribution in [-0.4, -0.2) is 25.8 Å². The maximum Gasteiger partial charge on any atom is 0.244 e. The molecule has 78 valence electrons. The first-order valence-corrected chi connectivity index (χ1v) is 6.72. The highest BCUT2D eigenvalue weighted by Crippen LogP contribution is 2.34. The number of hydrogen-bond donors (Lipinski definition) is 1. The summed E-state index contributed by atoms with van der Waals surface area (Å²) < 4.78 is 25.3. The molecule has 0 aliphatic carbocycles. The van der Waals surface area contributed by atoms with Gasteiger partial charge in [-0.2, -0.15) is 4.31 Å². The molecule has 0 unspecified atom stereocenters. The summed E-state index contributed by atoms with van der Waals surface area (Å²) in [5.74, 6) is 0. The Labute approximate surface area is 87.4 Å². The van der Waals surface area contributed by atoms with Crippen LogP contribution in [0.4, 0.5) is 0 Å². The molecule has 2 heterocycles. The molecular weight excluding hydrogens is 220 g/mol. The average Bonchev–Trinajstić information content (AvgIpc) is 2.60. The Kier molecular flexibility index (Phi) is 2.38. The quantitative estimate of drug-likeness (QED) is 0.778. The smallest absolute Gasteiger partial charge is 0.244 e. The van der Waals surface area contributed by atoms with Crippen molar-refractivity contribution in [3.63, 3.8) is 0 Å². The fourth-order valence-electron chi connectivity index (χ4n) is 1.63. The number of likely N-dealkylation sites (N-methyl/N-ethyl adjacent to an activating group) is 1. The lowest BCUT2D eigenvalue weighted by Crippen LogP contribution is -2.41. The molecule has 4 nitrogen and oxygen atoms in total. The molecule has 0 saturated heterocycles. The molecule has 14 heavy (non-hydrogen) atoms. The molecule has 1 aliphatic rings. The molecule has 1 aromatic heterocycles. The molecule has 0 saturated carbocycles. The zero-order valence-corrected chi connectivity index (χ0v) is 9.44. The fraction of sp³-hybridized carbons (Fsp3) is 0.500. The number of hydrogen-bond acceptors (Lipinski definition) is 4. The van der Waals surface area contributed by atoms with E-state index in [1.807, 2.05) is 6.92 Å². The lowest BCUT2D eigenvalue weighted by Gasteiger charge is -2.28. The van der Waals surface area contributed by atoms with Crippen molar-refractivity contribution in [1.29, 1.82) is 0 Å². The molecule has 0 radical (unpaired) electrons. The van der Waals surface area contributed by atoms with Gasteiger partial charge in [0.05, 0.1) is 10.9 Å². The number of rotatable bonds is 1. The van der Waals surface area contributed by atoms with Crippen LogP contribution in [0.5, 0.6) is 0 Å². The lowest BCUT2D eigenvalue weighted by molar-refractivity contribution is 0.387. The van der Waals surface area contributed by atoms with Gasteiger partial charge in [-0.05, 0) is 11.4 Å². The minimum Gasteiger partial charge on any atom is -0.322 e. The molecule has 0 bridgehead atoms. The molecule has 0 spiro atoms. The highest BCUT2D eigenvalue weighted by Gasteiger charge is 2.35. The molecule has 1 aliphatic heterocycles. The zero-order valence-electron chi connectivity index (χ0n) is 7.80. The Morgan fingerprint density at radius 1 is 1.71 bits per heavy atom. The van der Waals surface area contributed by atoms with Crippen molar-refractivity contribution in [1.82, 2.24) is 4.31 Å². The Balaban J connectivity index is 2.59. The van der Waals surface area contributed by atoms with Gasteiger partial charge in [0.2, 0.25) is 10.0 Å². The van der Waals surface area contributed by atoms with E-state index in [1.54, 1.807) is 11.4 Å². The third-order valence-electron chi connectivity index (χ3n) is 2.36. The van der Waals surface area contributed by atoms with Crippen LogP contribution in [0.2, 0.25) is 0 Å². The van der Waals surface area contributed by atoms with E-state index in [9.17, 15) is 8.42 Å². The van der Waals surface area contributed by atoms with Gasteiger partial charge in [-0.15, -0.1) is 11.3 Å². The molecule has 0 fully saturated rings. The third-order valence-corrected chi connectivity index (χ3v) is 5.54. The number of nitrogens with two attached hydrogens (primary N) is 1. The zero-order chi connectivity index (χ0) is 10.3. The van der Waals surface area contributed by atoms with Gasteiger partial charge in [-0.3, -0.25) is 0 Å². The van der Waals surface area contributed by atoms with E-state index >= 15 is 0 Å². The summed E-state index contributed by atoms with van der Waals surface area (Å²) in [6, 6.07) is 1.46. The Morgan fingerprint density at radius 3 is 3.07 bits per heavy atom. The van der Waals surface area contributed by atoms with Gasteiger partial charge in [0.15, 0.2) is 0 Å². The molecule has 2 N–H and O–H groups in total. The molecule has 0 amide bonds. The van der Waals surface area contributed by atoms with E-state index in [-0.39, 0.29) is 6.04 Å². The minimum atomic E-state index is -3.26. The van der Waals surface area contributed by atoms with Gasteiger partial charge in [0.25, 0.3) is 0 Å². The normalized spacial score (nSPS) is 26.0. The Hall–Kier alpha value is -0.430. The minimum absolute atomic E-state index is 0.173. The second kappa shape index (κ2) is 3.30. The van der Waals surface area contributed by atoms with E-state index in [4.69, 9.17) is 5.73 Å². The van der Waals surface area contributed by atoms with Crippen molar-refractivity contribution in [2.45, 2.75) is 17.9 Å². The highest BCUT2D eigenvalue weighted by molar-refractivity contribution is 7.89. The SMILES string of the molecule is CCN1C[C@@H](N)c2sccc2S1(=O)=O. The predicted octanol–water partition coefficient (Wildman–Crippen LogP) is 0.772. The maximum atomic E-state index is 11.9. The van der Waals surface area contributed by atoms with E-state index in [1.165, 1.54) is 15.6 Å². The summed E-state index contributed by atoms with van der Waals surface area (Å²) in [4.78, 5) is 1.18. The van der Waals surface area contributed by atoms with Gasteiger partial charge in [0, 0.05) is 18.0 Å². The van der Waals surface area contributed by atoms with Crippen LogP contribution in [-0.2, 0) is 10.0 Å². The van der Waals surface area contributed by atoms with E-state index in [2.05, 4.69) is 0 Å². The molecule has 2 rings (SSSR count). The molecule has 1 atom stereocenters. The average molecular weight is 232 g/mol. The lowest BCUT2D eigenvalue weighted by atomic mass is 10.2. The van der Waals surface area contributed by atoms with Crippen molar-refractivity contribution < 1.29 is 8.42 Å². The number of fused-ring (bicyclic) bond motifs is 1. The number of sulfonamides is 1. The van der Waals surface area contributed by atoms with Crippen molar-refractivity contribution in [2.75, 3.05) is 13.1 Å². The first kappa shape index (κ1) is 10.1. The first-order valence-electron chi connectivity index (χ1n) is 4.40. The third kappa shape index (κ3) is 1.30. The van der Waals surface area contributed by atoms with Gasteiger partial charge in [-0.1, -0.05) is 6.92 Å². The van der Waals surface area contributed by atoms with Crippen LogP contribution >= 0.6 is 11.3 Å². The summed E-state index contributed by atoms with van der Waals surface area (Å²) in [6.07, 6.45) is 0. The maximum absolute atomic E-state index is 11.9. The van der Waals surface area contributed by atoms with Crippen LogP contribution in [0.3, 0.4) is 0 Å². The fourth-order valence-corrected chi connectivity index (χ4v) is 4.58. The van der Waals surface area contributed by atoms with Crippen molar-refractivity contribution in [2.24, 2.45) is 5.73 Å². The Morgan fingerprint density at radius 2 is 2.43 bits per heavy atom. The standard InChI is InChI=1S/C8H12N2O2S2/c1-2-10-5-6(9)8-7(3-4-13-8)14(10,11)12/h3-4,6H,2,5,9H2,1H3/t6-/m1/s1. The van der Waals surface area contributed by atoms with Crippen molar-refractivity contribution in [3.05, 3.63) is 16.3 Å². The predicted molar refractivity (Wildman–Crippen MR) is 55.7 cm³/mol. The van der Waals surface area contributed by atoms with Gasteiger partial charge < -0.3 is 5.73 Å².